The number of aryl methyl sites for hydroxylation is 2. The number of methoxy groups -OCH3 is 1. The van der Waals surface area contributed by atoms with E-state index in [4.69, 9.17) is 4.74 Å². The van der Waals surface area contributed by atoms with Gasteiger partial charge in [0.15, 0.2) is 0 Å². The molecular formula is C18H28N2O2. The number of anilines is 1. The quantitative estimate of drug-likeness (QED) is 0.842. The van der Waals surface area contributed by atoms with Crippen molar-refractivity contribution in [1.82, 2.24) is 4.90 Å². The van der Waals surface area contributed by atoms with E-state index in [0.29, 0.717) is 12.5 Å². The maximum absolute atomic E-state index is 12.3. The number of para-hydroxylation sites is 1. The van der Waals surface area contributed by atoms with Crippen LogP contribution in [-0.2, 0) is 22.4 Å². The van der Waals surface area contributed by atoms with E-state index in [0.717, 1.165) is 44.6 Å². The molecule has 4 nitrogen and oxygen atoms in total. The number of amides is 1. The fraction of sp³-hybridized carbons (Fsp3) is 0.611. The molecule has 1 heterocycles. The van der Waals surface area contributed by atoms with Crippen LogP contribution in [0.3, 0.4) is 0 Å². The molecule has 1 saturated heterocycles. The molecular weight excluding hydrogens is 276 g/mol. The van der Waals surface area contributed by atoms with Gasteiger partial charge in [-0.1, -0.05) is 32.0 Å². The Hall–Kier alpha value is -1.39. The van der Waals surface area contributed by atoms with Crippen molar-refractivity contribution < 1.29 is 9.53 Å². The van der Waals surface area contributed by atoms with Gasteiger partial charge in [0.05, 0.1) is 6.10 Å². The van der Waals surface area contributed by atoms with Crippen LogP contribution in [-0.4, -0.2) is 43.7 Å². The first-order valence-electron chi connectivity index (χ1n) is 8.33. The summed E-state index contributed by atoms with van der Waals surface area (Å²) in [6.07, 6.45) is 3.81. The molecule has 1 aliphatic heterocycles. The number of rotatable bonds is 7. The first-order chi connectivity index (χ1) is 10.7. The Kier molecular flexibility index (Phi) is 6.40. The van der Waals surface area contributed by atoms with Gasteiger partial charge in [-0.3, -0.25) is 4.79 Å². The average Bonchev–Trinajstić information content (AvgIpc) is 3.01. The molecule has 4 heteroatoms. The van der Waals surface area contributed by atoms with E-state index < -0.39 is 0 Å². The van der Waals surface area contributed by atoms with Gasteiger partial charge >= 0.3 is 0 Å². The fourth-order valence-corrected chi connectivity index (χ4v) is 3.06. The number of ether oxygens (including phenoxy) is 1. The van der Waals surface area contributed by atoms with Crippen molar-refractivity contribution in [3.05, 3.63) is 29.3 Å². The van der Waals surface area contributed by atoms with Gasteiger partial charge < -0.3 is 15.0 Å². The SMILES string of the molecule is CCc1cccc(CC)c1NC(=O)CCN1CCC(OC)C1. The summed E-state index contributed by atoms with van der Waals surface area (Å²) >= 11 is 0. The Morgan fingerprint density at radius 2 is 2.00 bits per heavy atom. The molecule has 1 unspecified atom stereocenters. The zero-order valence-corrected chi connectivity index (χ0v) is 14.0. The summed E-state index contributed by atoms with van der Waals surface area (Å²) in [5, 5.41) is 3.13. The predicted molar refractivity (Wildman–Crippen MR) is 90.3 cm³/mol. The Morgan fingerprint density at radius 3 is 2.55 bits per heavy atom. The number of carbonyl (C=O) groups is 1. The lowest BCUT2D eigenvalue weighted by Gasteiger charge is -2.17. The number of hydrogen-bond donors (Lipinski definition) is 1. The molecule has 1 N–H and O–H groups in total. The molecule has 22 heavy (non-hydrogen) atoms. The topological polar surface area (TPSA) is 41.6 Å². The first kappa shape index (κ1) is 17.0. The monoisotopic (exact) mass is 304 g/mol. The number of carbonyl (C=O) groups excluding carboxylic acids is 1. The van der Waals surface area contributed by atoms with Crippen LogP contribution >= 0.6 is 0 Å². The number of nitrogens with zero attached hydrogens (tertiary/aromatic N) is 1. The second-order valence-electron chi connectivity index (χ2n) is 5.90. The Bertz CT molecular complexity index is 480. The Labute approximate surface area is 133 Å². The molecule has 1 atom stereocenters. The molecule has 122 valence electrons. The van der Waals surface area contributed by atoms with Crippen LogP contribution in [0, 0.1) is 0 Å². The van der Waals surface area contributed by atoms with Gasteiger partial charge in [-0.2, -0.15) is 0 Å². The molecule has 0 spiro atoms. The average molecular weight is 304 g/mol. The molecule has 0 aromatic heterocycles. The highest BCUT2D eigenvalue weighted by molar-refractivity contribution is 5.92. The first-order valence-corrected chi connectivity index (χ1v) is 8.33. The highest BCUT2D eigenvalue weighted by atomic mass is 16.5. The van der Waals surface area contributed by atoms with E-state index in [9.17, 15) is 4.79 Å². The third-order valence-corrected chi connectivity index (χ3v) is 4.48. The second-order valence-corrected chi connectivity index (χ2v) is 5.90. The molecule has 0 radical (unpaired) electrons. The number of likely N-dealkylation sites (tertiary alicyclic amines) is 1. The van der Waals surface area contributed by atoms with Crippen molar-refractivity contribution >= 4 is 11.6 Å². The third kappa shape index (κ3) is 4.31. The third-order valence-electron chi connectivity index (χ3n) is 4.48. The predicted octanol–water partition coefficient (Wildman–Crippen LogP) is 2.86. The summed E-state index contributed by atoms with van der Waals surface area (Å²) in [6.45, 7) is 7.02. The zero-order chi connectivity index (χ0) is 15.9. The van der Waals surface area contributed by atoms with Gasteiger partial charge in [0.2, 0.25) is 5.91 Å². The summed E-state index contributed by atoms with van der Waals surface area (Å²) in [5.41, 5.74) is 3.45. The molecule has 1 aromatic carbocycles. The van der Waals surface area contributed by atoms with Gasteiger partial charge in [-0.05, 0) is 30.4 Å². The lowest BCUT2D eigenvalue weighted by molar-refractivity contribution is -0.116. The van der Waals surface area contributed by atoms with Crippen molar-refractivity contribution in [3.63, 3.8) is 0 Å². The lowest BCUT2D eigenvalue weighted by Crippen LogP contribution is -2.27. The van der Waals surface area contributed by atoms with E-state index in [1.807, 2.05) is 0 Å². The van der Waals surface area contributed by atoms with Gasteiger partial charge in [0.25, 0.3) is 0 Å². The summed E-state index contributed by atoms with van der Waals surface area (Å²) in [5.74, 6) is 0.108. The van der Waals surface area contributed by atoms with Crippen LogP contribution in [0.2, 0.25) is 0 Å². The minimum atomic E-state index is 0.108. The highest BCUT2D eigenvalue weighted by Crippen LogP contribution is 2.23. The maximum atomic E-state index is 12.3. The Balaban J connectivity index is 1.90. The molecule has 1 aliphatic rings. The van der Waals surface area contributed by atoms with Crippen LogP contribution in [0.25, 0.3) is 0 Å². The number of benzene rings is 1. The van der Waals surface area contributed by atoms with E-state index >= 15 is 0 Å². The van der Waals surface area contributed by atoms with E-state index in [1.54, 1.807) is 7.11 Å². The van der Waals surface area contributed by atoms with Crippen molar-refractivity contribution in [1.29, 1.82) is 0 Å². The van der Waals surface area contributed by atoms with Crippen LogP contribution in [0.15, 0.2) is 18.2 Å². The summed E-state index contributed by atoms with van der Waals surface area (Å²) in [4.78, 5) is 14.6. The second kappa shape index (κ2) is 8.30. The van der Waals surface area contributed by atoms with Crippen LogP contribution in [0.1, 0.15) is 37.8 Å². The smallest absolute Gasteiger partial charge is 0.225 e. The van der Waals surface area contributed by atoms with Gasteiger partial charge in [0.1, 0.15) is 0 Å². The van der Waals surface area contributed by atoms with E-state index in [1.165, 1.54) is 11.1 Å². The van der Waals surface area contributed by atoms with Crippen molar-refractivity contribution in [2.24, 2.45) is 0 Å². The summed E-state index contributed by atoms with van der Waals surface area (Å²) in [7, 11) is 1.76. The standard InChI is InChI=1S/C18H28N2O2/c1-4-14-7-6-8-15(5-2)18(14)19-17(21)10-12-20-11-9-16(13-20)22-3/h6-8,16H,4-5,9-13H2,1-3H3,(H,19,21). The minimum absolute atomic E-state index is 0.108. The number of hydrogen-bond acceptors (Lipinski definition) is 3. The maximum Gasteiger partial charge on any atom is 0.225 e. The van der Waals surface area contributed by atoms with Crippen molar-refractivity contribution in [2.45, 2.75) is 45.6 Å². The molecule has 1 amide bonds. The van der Waals surface area contributed by atoms with E-state index in [2.05, 4.69) is 42.3 Å². The largest absolute Gasteiger partial charge is 0.380 e. The van der Waals surface area contributed by atoms with Crippen molar-refractivity contribution in [3.8, 4) is 0 Å². The summed E-state index contributed by atoms with van der Waals surface area (Å²) in [6, 6.07) is 6.26. The molecule has 1 fully saturated rings. The Morgan fingerprint density at radius 1 is 1.32 bits per heavy atom. The van der Waals surface area contributed by atoms with Gasteiger partial charge in [0, 0.05) is 38.9 Å². The van der Waals surface area contributed by atoms with Gasteiger partial charge in [-0.15, -0.1) is 0 Å². The lowest BCUT2D eigenvalue weighted by atomic mass is 10.0. The number of nitrogens with one attached hydrogen (secondary N) is 1. The van der Waals surface area contributed by atoms with Crippen LogP contribution in [0.5, 0.6) is 0 Å². The molecule has 0 bridgehead atoms. The highest BCUT2D eigenvalue weighted by Gasteiger charge is 2.22. The zero-order valence-electron chi connectivity index (χ0n) is 14.0. The minimum Gasteiger partial charge on any atom is -0.380 e. The fourth-order valence-electron chi connectivity index (χ4n) is 3.06. The van der Waals surface area contributed by atoms with E-state index in [-0.39, 0.29) is 5.91 Å². The molecule has 0 saturated carbocycles. The molecule has 1 aromatic rings. The molecule has 0 aliphatic carbocycles. The van der Waals surface area contributed by atoms with Gasteiger partial charge in [-0.25, -0.2) is 0 Å². The molecule has 2 rings (SSSR count). The van der Waals surface area contributed by atoms with Crippen LogP contribution in [0.4, 0.5) is 5.69 Å². The van der Waals surface area contributed by atoms with Crippen LogP contribution < -0.4 is 5.32 Å². The normalized spacial score (nSPS) is 18.6. The summed E-state index contributed by atoms with van der Waals surface area (Å²) < 4.78 is 5.36. The van der Waals surface area contributed by atoms with Crippen molar-refractivity contribution in [2.75, 3.05) is 32.1 Å².